The molecule has 2 rings (SSSR count). The van der Waals surface area contributed by atoms with Crippen LogP contribution in [0.2, 0.25) is 0 Å². The van der Waals surface area contributed by atoms with E-state index in [4.69, 9.17) is 0 Å². The van der Waals surface area contributed by atoms with Crippen LogP contribution in [0.1, 0.15) is 33.1 Å². The first-order valence-electron chi connectivity index (χ1n) is 6.69. The Kier molecular flexibility index (Phi) is 4.04. The molecule has 0 radical (unpaired) electrons. The van der Waals surface area contributed by atoms with Crippen molar-refractivity contribution in [2.75, 3.05) is 32.7 Å². The normalized spacial score (nSPS) is 39.2. The molecule has 2 fully saturated rings. The van der Waals surface area contributed by atoms with E-state index >= 15 is 0 Å². The second kappa shape index (κ2) is 5.31. The molecule has 0 bridgehead atoms. The van der Waals surface area contributed by atoms with Crippen LogP contribution in [-0.4, -0.2) is 37.6 Å². The van der Waals surface area contributed by atoms with Gasteiger partial charge in [0, 0.05) is 13.1 Å². The largest absolute Gasteiger partial charge is 0.316 e. The first-order chi connectivity index (χ1) is 7.25. The molecule has 0 aliphatic carbocycles. The first kappa shape index (κ1) is 11.4. The minimum absolute atomic E-state index is 0.898. The highest BCUT2D eigenvalue weighted by Gasteiger charge is 2.24. The molecule has 15 heavy (non-hydrogen) atoms. The fourth-order valence-corrected chi connectivity index (χ4v) is 2.96. The third kappa shape index (κ3) is 3.18. The summed E-state index contributed by atoms with van der Waals surface area (Å²) in [6, 6.07) is 0. The summed E-state index contributed by atoms with van der Waals surface area (Å²) in [5, 5.41) is 3.52. The van der Waals surface area contributed by atoms with Crippen molar-refractivity contribution in [1.82, 2.24) is 10.2 Å². The average molecular weight is 210 g/mol. The van der Waals surface area contributed by atoms with Gasteiger partial charge in [-0.15, -0.1) is 0 Å². The maximum Gasteiger partial charge on any atom is 0.00219 e. The minimum Gasteiger partial charge on any atom is -0.316 e. The minimum atomic E-state index is 0.898. The van der Waals surface area contributed by atoms with Crippen LogP contribution in [0.4, 0.5) is 0 Å². The first-order valence-corrected chi connectivity index (χ1v) is 6.69. The lowest BCUT2D eigenvalue weighted by Crippen LogP contribution is -2.44. The van der Waals surface area contributed by atoms with E-state index in [1.54, 1.807) is 0 Å². The SMILES string of the molecule is CC1CCN(CC2CCCNC2)CC1C. The Hall–Kier alpha value is -0.0800. The van der Waals surface area contributed by atoms with Crippen molar-refractivity contribution in [3.05, 3.63) is 0 Å². The molecule has 3 unspecified atom stereocenters. The summed E-state index contributed by atoms with van der Waals surface area (Å²) >= 11 is 0. The Morgan fingerprint density at radius 2 is 2.07 bits per heavy atom. The van der Waals surface area contributed by atoms with Gasteiger partial charge in [-0.3, -0.25) is 0 Å². The lowest BCUT2D eigenvalue weighted by Gasteiger charge is -2.38. The van der Waals surface area contributed by atoms with E-state index in [2.05, 4.69) is 24.1 Å². The second-order valence-electron chi connectivity index (χ2n) is 5.72. The van der Waals surface area contributed by atoms with E-state index in [-0.39, 0.29) is 0 Å². The van der Waals surface area contributed by atoms with E-state index in [0.717, 1.165) is 17.8 Å². The molecule has 0 aromatic rings. The quantitative estimate of drug-likeness (QED) is 0.749. The number of nitrogens with zero attached hydrogens (tertiary/aromatic N) is 1. The molecule has 1 N–H and O–H groups in total. The van der Waals surface area contributed by atoms with Crippen molar-refractivity contribution >= 4 is 0 Å². The van der Waals surface area contributed by atoms with Crippen molar-refractivity contribution < 1.29 is 0 Å². The molecule has 2 nitrogen and oxygen atoms in total. The molecule has 2 aliphatic rings. The Balaban J connectivity index is 1.74. The number of nitrogens with one attached hydrogen (secondary N) is 1. The summed E-state index contributed by atoms with van der Waals surface area (Å²) in [4.78, 5) is 2.70. The number of likely N-dealkylation sites (tertiary alicyclic amines) is 1. The van der Waals surface area contributed by atoms with Crippen molar-refractivity contribution in [2.45, 2.75) is 33.1 Å². The Bertz CT molecular complexity index is 187. The molecular weight excluding hydrogens is 184 g/mol. The summed E-state index contributed by atoms with van der Waals surface area (Å²) < 4.78 is 0. The van der Waals surface area contributed by atoms with Crippen LogP contribution in [-0.2, 0) is 0 Å². The van der Waals surface area contributed by atoms with Gasteiger partial charge in [0.2, 0.25) is 0 Å². The standard InChI is InChI=1S/C13H26N2/c1-11-5-7-15(9-12(11)2)10-13-4-3-6-14-8-13/h11-14H,3-10H2,1-2H3. The molecule has 2 aliphatic heterocycles. The summed E-state index contributed by atoms with van der Waals surface area (Å²) in [5.74, 6) is 2.75. The zero-order valence-corrected chi connectivity index (χ0v) is 10.3. The van der Waals surface area contributed by atoms with Gasteiger partial charge in [-0.05, 0) is 56.7 Å². The fourth-order valence-electron chi connectivity index (χ4n) is 2.96. The summed E-state index contributed by atoms with van der Waals surface area (Å²) in [7, 11) is 0. The average Bonchev–Trinajstić information content (AvgIpc) is 2.25. The number of piperidine rings is 2. The number of rotatable bonds is 2. The smallest absolute Gasteiger partial charge is 0.00219 e. The van der Waals surface area contributed by atoms with Gasteiger partial charge in [0.25, 0.3) is 0 Å². The zero-order chi connectivity index (χ0) is 10.7. The maximum atomic E-state index is 3.52. The fraction of sp³-hybridized carbons (Fsp3) is 1.00. The monoisotopic (exact) mass is 210 g/mol. The lowest BCUT2D eigenvalue weighted by molar-refractivity contribution is 0.114. The van der Waals surface area contributed by atoms with Crippen molar-refractivity contribution in [3.63, 3.8) is 0 Å². The molecule has 2 heteroatoms. The van der Waals surface area contributed by atoms with E-state index < -0.39 is 0 Å². The number of hydrogen-bond donors (Lipinski definition) is 1. The molecule has 0 aromatic carbocycles. The third-order valence-corrected chi connectivity index (χ3v) is 4.33. The van der Waals surface area contributed by atoms with Gasteiger partial charge < -0.3 is 10.2 Å². The molecule has 0 aromatic heterocycles. The van der Waals surface area contributed by atoms with Crippen LogP contribution >= 0.6 is 0 Å². The predicted octanol–water partition coefficient (Wildman–Crippen LogP) is 1.96. The van der Waals surface area contributed by atoms with Crippen molar-refractivity contribution in [3.8, 4) is 0 Å². The van der Waals surface area contributed by atoms with E-state index in [9.17, 15) is 0 Å². The van der Waals surface area contributed by atoms with E-state index in [1.165, 1.54) is 52.0 Å². The summed E-state index contributed by atoms with van der Waals surface area (Å²) in [6.07, 6.45) is 4.22. The highest BCUT2D eigenvalue weighted by atomic mass is 15.1. The molecule has 0 spiro atoms. The Morgan fingerprint density at radius 1 is 1.20 bits per heavy atom. The highest BCUT2D eigenvalue weighted by molar-refractivity contribution is 4.79. The topological polar surface area (TPSA) is 15.3 Å². The molecule has 0 amide bonds. The van der Waals surface area contributed by atoms with Crippen LogP contribution in [0.3, 0.4) is 0 Å². The Labute approximate surface area is 94.4 Å². The van der Waals surface area contributed by atoms with Gasteiger partial charge in [-0.25, -0.2) is 0 Å². The molecule has 0 saturated carbocycles. The van der Waals surface area contributed by atoms with Gasteiger partial charge in [-0.2, -0.15) is 0 Å². The van der Waals surface area contributed by atoms with Crippen LogP contribution in [0.15, 0.2) is 0 Å². The summed E-state index contributed by atoms with van der Waals surface area (Å²) in [6.45, 7) is 11.3. The van der Waals surface area contributed by atoms with E-state index in [1.807, 2.05) is 0 Å². The molecule has 2 heterocycles. The predicted molar refractivity (Wildman–Crippen MR) is 65.0 cm³/mol. The number of hydrogen-bond acceptors (Lipinski definition) is 2. The van der Waals surface area contributed by atoms with Gasteiger partial charge in [0.15, 0.2) is 0 Å². The van der Waals surface area contributed by atoms with Gasteiger partial charge in [-0.1, -0.05) is 13.8 Å². The van der Waals surface area contributed by atoms with Crippen LogP contribution in [0.25, 0.3) is 0 Å². The van der Waals surface area contributed by atoms with Crippen molar-refractivity contribution in [1.29, 1.82) is 0 Å². The van der Waals surface area contributed by atoms with Crippen LogP contribution < -0.4 is 5.32 Å². The zero-order valence-electron chi connectivity index (χ0n) is 10.3. The van der Waals surface area contributed by atoms with Gasteiger partial charge in [0.05, 0.1) is 0 Å². The van der Waals surface area contributed by atoms with Crippen LogP contribution in [0, 0.1) is 17.8 Å². The molecular formula is C13H26N2. The molecule has 3 atom stereocenters. The lowest BCUT2D eigenvalue weighted by atomic mass is 9.87. The second-order valence-corrected chi connectivity index (χ2v) is 5.72. The molecule has 88 valence electrons. The maximum absolute atomic E-state index is 3.52. The summed E-state index contributed by atoms with van der Waals surface area (Å²) in [5.41, 5.74) is 0. The van der Waals surface area contributed by atoms with Gasteiger partial charge in [0.1, 0.15) is 0 Å². The van der Waals surface area contributed by atoms with Crippen molar-refractivity contribution in [2.24, 2.45) is 17.8 Å². The molecule has 2 saturated heterocycles. The third-order valence-electron chi connectivity index (χ3n) is 4.33. The highest BCUT2D eigenvalue weighted by Crippen LogP contribution is 2.23. The Morgan fingerprint density at radius 3 is 2.73 bits per heavy atom. The van der Waals surface area contributed by atoms with Gasteiger partial charge >= 0.3 is 0 Å². The van der Waals surface area contributed by atoms with E-state index in [0.29, 0.717) is 0 Å². The van der Waals surface area contributed by atoms with Crippen LogP contribution in [0.5, 0.6) is 0 Å².